The topological polar surface area (TPSA) is 64.7 Å². The maximum Gasteiger partial charge on any atom is 0.325 e. The van der Waals surface area contributed by atoms with E-state index in [4.69, 9.17) is 0 Å². The van der Waals surface area contributed by atoms with Gasteiger partial charge in [-0.3, -0.25) is 14.6 Å². The monoisotopic (exact) mass is 296 g/mol. The van der Waals surface area contributed by atoms with Gasteiger partial charge >= 0.3 is 6.03 Å². The molecule has 21 heavy (non-hydrogen) atoms. The van der Waals surface area contributed by atoms with Crippen molar-refractivity contribution in [3.8, 4) is 0 Å². The number of amides is 3. The molecule has 0 spiro atoms. The largest absolute Gasteiger partial charge is 0.325 e. The van der Waals surface area contributed by atoms with Crippen molar-refractivity contribution in [3.63, 3.8) is 0 Å². The van der Waals surface area contributed by atoms with Gasteiger partial charge in [0.25, 0.3) is 5.91 Å². The van der Waals surface area contributed by atoms with Crippen LogP contribution in [0.5, 0.6) is 0 Å². The molecular formula is C15H28N4O2. The summed E-state index contributed by atoms with van der Waals surface area (Å²) >= 11 is 0. The van der Waals surface area contributed by atoms with Crippen LogP contribution in [-0.4, -0.2) is 66.0 Å². The van der Waals surface area contributed by atoms with Crippen LogP contribution in [0.4, 0.5) is 4.79 Å². The van der Waals surface area contributed by atoms with Crippen LogP contribution in [-0.2, 0) is 4.79 Å². The molecule has 0 atom stereocenters. The summed E-state index contributed by atoms with van der Waals surface area (Å²) in [4.78, 5) is 27.9. The molecule has 2 rings (SSSR count). The Morgan fingerprint density at radius 2 is 1.90 bits per heavy atom. The molecule has 0 aromatic carbocycles. The molecule has 2 heterocycles. The van der Waals surface area contributed by atoms with E-state index < -0.39 is 5.54 Å². The Morgan fingerprint density at radius 3 is 2.43 bits per heavy atom. The summed E-state index contributed by atoms with van der Waals surface area (Å²) in [6.07, 6.45) is 3.38. The average Bonchev–Trinajstić information content (AvgIpc) is 2.65. The van der Waals surface area contributed by atoms with Gasteiger partial charge in [-0.15, -0.1) is 0 Å². The molecular weight excluding hydrogens is 268 g/mol. The van der Waals surface area contributed by atoms with Gasteiger partial charge < -0.3 is 10.6 Å². The number of nitrogens with one attached hydrogen (secondary N) is 2. The zero-order valence-corrected chi connectivity index (χ0v) is 13.4. The standard InChI is InChI=1S/C15H28N4O2/c1-4-9-18(12-5-7-16-8-6-12)10-11-19-13(20)15(2,3)17-14(19)21/h12,16H,4-11H2,1-3H3,(H,17,21). The summed E-state index contributed by atoms with van der Waals surface area (Å²) in [5.74, 6) is -0.116. The molecule has 3 amide bonds. The fraction of sp³-hybridized carbons (Fsp3) is 0.867. The number of hydrogen-bond acceptors (Lipinski definition) is 4. The number of carbonyl (C=O) groups excluding carboxylic acids is 2. The molecule has 0 unspecified atom stereocenters. The third kappa shape index (κ3) is 3.74. The van der Waals surface area contributed by atoms with Gasteiger partial charge in [0.15, 0.2) is 0 Å². The van der Waals surface area contributed by atoms with Crippen molar-refractivity contribution in [2.45, 2.75) is 51.6 Å². The van der Waals surface area contributed by atoms with Gasteiger partial charge in [0.05, 0.1) is 0 Å². The Hall–Kier alpha value is -1.14. The summed E-state index contributed by atoms with van der Waals surface area (Å²) in [5.41, 5.74) is -0.762. The quantitative estimate of drug-likeness (QED) is 0.711. The van der Waals surface area contributed by atoms with E-state index >= 15 is 0 Å². The van der Waals surface area contributed by atoms with E-state index in [1.165, 1.54) is 4.90 Å². The first-order chi connectivity index (χ1) is 9.95. The second kappa shape index (κ2) is 6.75. The molecule has 2 aliphatic heterocycles. The van der Waals surface area contributed by atoms with Crippen molar-refractivity contribution >= 4 is 11.9 Å². The van der Waals surface area contributed by atoms with E-state index in [0.29, 0.717) is 12.6 Å². The van der Waals surface area contributed by atoms with Gasteiger partial charge in [-0.25, -0.2) is 4.79 Å². The zero-order valence-electron chi connectivity index (χ0n) is 13.4. The van der Waals surface area contributed by atoms with Crippen LogP contribution in [0.2, 0.25) is 0 Å². The summed E-state index contributed by atoms with van der Waals surface area (Å²) in [6.45, 7) is 10.1. The van der Waals surface area contributed by atoms with Crippen LogP contribution in [0.1, 0.15) is 40.0 Å². The number of nitrogens with zero attached hydrogens (tertiary/aromatic N) is 2. The number of urea groups is 1. The lowest BCUT2D eigenvalue weighted by molar-refractivity contribution is -0.130. The first kappa shape index (κ1) is 16.2. The molecule has 0 bridgehead atoms. The minimum atomic E-state index is -0.762. The van der Waals surface area contributed by atoms with Crippen molar-refractivity contribution in [1.29, 1.82) is 0 Å². The summed E-state index contributed by atoms with van der Waals surface area (Å²) in [5, 5.41) is 6.12. The highest BCUT2D eigenvalue weighted by Gasteiger charge is 2.44. The van der Waals surface area contributed by atoms with Crippen LogP contribution in [0.3, 0.4) is 0 Å². The van der Waals surface area contributed by atoms with E-state index in [0.717, 1.165) is 45.4 Å². The normalized spacial score (nSPS) is 23.0. The van der Waals surface area contributed by atoms with Crippen molar-refractivity contribution in [1.82, 2.24) is 20.4 Å². The molecule has 0 saturated carbocycles. The van der Waals surface area contributed by atoms with E-state index in [1.807, 2.05) is 0 Å². The molecule has 0 aromatic heterocycles. The van der Waals surface area contributed by atoms with Gasteiger partial charge in [0.1, 0.15) is 5.54 Å². The van der Waals surface area contributed by atoms with Crippen molar-refractivity contribution in [2.24, 2.45) is 0 Å². The SMILES string of the molecule is CCCN(CCN1C(=O)NC(C)(C)C1=O)C1CCNCC1. The smallest absolute Gasteiger partial charge is 0.324 e. The number of piperidine rings is 1. The lowest BCUT2D eigenvalue weighted by Gasteiger charge is -2.35. The molecule has 2 fully saturated rings. The molecule has 6 nitrogen and oxygen atoms in total. The molecule has 2 saturated heterocycles. The highest BCUT2D eigenvalue weighted by atomic mass is 16.2. The van der Waals surface area contributed by atoms with Gasteiger partial charge in [-0.1, -0.05) is 6.92 Å². The zero-order chi connectivity index (χ0) is 15.5. The molecule has 2 aliphatic rings. The molecule has 0 aromatic rings. The maximum absolute atomic E-state index is 12.2. The van der Waals surface area contributed by atoms with Crippen LogP contribution in [0.25, 0.3) is 0 Å². The van der Waals surface area contributed by atoms with E-state index in [9.17, 15) is 9.59 Å². The first-order valence-electron chi connectivity index (χ1n) is 8.04. The molecule has 0 aliphatic carbocycles. The lowest BCUT2D eigenvalue weighted by atomic mass is 10.0. The second-order valence-corrected chi connectivity index (χ2v) is 6.53. The Balaban J connectivity index is 1.92. The van der Waals surface area contributed by atoms with E-state index in [2.05, 4.69) is 22.5 Å². The van der Waals surface area contributed by atoms with E-state index in [1.54, 1.807) is 13.8 Å². The Bertz CT molecular complexity index is 391. The Morgan fingerprint density at radius 1 is 1.24 bits per heavy atom. The highest BCUT2D eigenvalue weighted by Crippen LogP contribution is 2.17. The Labute approximate surface area is 127 Å². The van der Waals surface area contributed by atoms with Gasteiger partial charge in [0, 0.05) is 19.1 Å². The van der Waals surface area contributed by atoms with Gasteiger partial charge in [0.2, 0.25) is 0 Å². The minimum absolute atomic E-state index is 0.116. The predicted molar refractivity (Wildman–Crippen MR) is 82.1 cm³/mol. The highest BCUT2D eigenvalue weighted by molar-refractivity contribution is 6.06. The maximum atomic E-state index is 12.2. The van der Waals surface area contributed by atoms with Gasteiger partial charge in [-0.05, 0) is 52.7 Å². The summed E-state index contributed by atoms with van der Waals surface area (Å²) < 4.78 is 0. The number of hydrogen-bond donors (Lipinski definition) is 2. The van der Waals surface area contributed by atoms with Crippen molar-refractivity contribution in [2.75, 3.05) is 32.7 Å². The number of rotatable bonds is 6. The van der Waals surface area contributed by atoms with Crippen LogP contribution < -0.4 is 10.6 Å². The van der Waals surface area contributed by atoms with Crippen molar-refractivity contribution in [3.05, 3.63) is 0 Å². The average molecular weight is 296 g/mol. The van der Waals surface area contributed by atoms with Gasteiger partial charge in [-0.2, -0.15) is 0 Å². The lowest BCUT2D eigenvalue weighted by Crippen LogP contribution is -2.47. The van der Waals surface area contributed by atoms with E-state index in [-0.39, 0.29) is 11.9 Å². The number of imide groups is 1. The third-order valence-electron chi connectivity index (χ3n) is 4.39. The first-order valence-corrected chi connectivity index (χ1v) is 8.04. The number of carbonyl (C=O) groups is 2. The van der Waals surface area contributed by atoms with Crippen LogP contribution in [0.15, 0.2) is 0 Å². The molecule has 120 valence electrons. The van der Waals surface area contributed by atoms with Crippen LogP contribution >= 0.6 is 0 Å². The molecule has 2 N–H and O–H groups in total. The molecule has 0 radical (unpaired) electrons. The fourth-order valence-electron chi connectivity index (χ4n) is 3.19. The van der Waals surface area contributed by atoms with Crippen LogP contribution in [0, 0.1) is 0 Å². The Kier molecular flexibility index (Phi) is 5.22. The third-order valence-corrected chi connectivity index (χ3v) is 4.39. The predicted octanol–water partition coefficient (Wildman–Crippen LogP) is 0.781. The summed E-state index contributed by atoms with van der Waals surface area (Å²) in [6, 6.07) is 0.312. The minimum Gasteiger partial charge on any atom is -0.324 e. The summed E-state index contributed by atoms with van der Waals surface area (Å²) in [7, 11) is 0. The fourth-order valence-corrected chi connectivity index (χ4v) is 3.19. The molecule has 6 heteroatoms. The van der Waals surface area contributed by atoms with Crippen molar-refractivity contribution < 1.29 is 9.59 Å². The second-order valence-electron chi connectivity index (χ2n) is 6.53.